The zero-order valence-electron chi connectivity index (χ0n) is 16.2. The molecule has 1 heterocycles. The maximum absolute atomic E-state index is 12.5. The van der Waals surface area contributed by atoms with Crippen molar-refractivity contribution in [3.8, 4) is 0 Å². The molecule has 0 bridgehead atoms. The van der Waals surface area contributed by atoms with Crippen molar-refractivity contribution in [1.82, 2.24) is 0 Å². The first-order chi connectivity index (χ1) is 11.1. The van der Waals surface area contributed by atoms with E-state index in [1.165, 1.54) is 33.4 Å². The van der Waals surface area contributed by atoms with Gasteiger partial charge in [0, 0.05) is 11.1 Å². The molecular formula is C21H29N2O+. The Morgan fingerprint density at radius 3 is 1.79 bits per heavy atom. The number of primary amides is 1. The van der Waals surface area contributed by atoms with Gasteiger partial charge in [0.05, 0.1) is 0 Å². The minimum Gasteiger partial charge on any atom is -0.369 e. The SMILES string of the molecule is Cc1cc(C)c(C(C(N)=O)c2c(C)c(C)c(C)c(C)c2C)[n+](C)c1. The third kappa shape index (κ3) is 2.83. The third-order valence-electron chi connectivity index (χ3n) is 5.53. The van der Waals surface area contributed by atoms with Crippen molar-refractivity contribution in [2.45, 2.75) is 54.4 Å². The van der Waals surface area contributed by atoms with E-state index in [4.69, 9.17) is 5.73 Å². The van der Waals surface area contributed by atoms with E-state index in [9.17, 15) is 4.79 Å². The summed E-state index contributed by atoms with van der Waals surface area (Å²) in [6, 6.07) is 2.11. The zero-order chi connectivity index (χ0) is 18.3. The zero-order valence-corrected chi connectivity index (χ0v) is 16.2. The van der Waals surface area contributed by atoms with Crippen molar-refractivity contribution in [3.05, 3.63) is 62.5 Å². The van der Waals surface area contributed by atoms with Gasteiger partial charge in [-0.3, -0.25) is 4.79 Å². The Balaban J connectivity index is 2.88. The molecule has 0 radical (unpaired) electrons. The van der Waals surface area contributed by atoms with Crippen LogP contribution >= 0.6 is 0 Å². The van der Waals surface area contributed by atoms with Crippen molar-refractivity contribution in [3.63, 3.8) is 0 Å². The standard InChI is InChI=1S/C21H28N2O/c1-11-9-12(2)20(23(8)10-11)19(21(22)24)18-16(6)14(4)13(3)15(5)17(18)7/h9-10,19H,1-8H3,(H-,22,24)/p+1. The first kappa shape index (κ1) is 18.2. The van der Waals surface area contributed by atoms with Crippen molar-refractivity contribution < 1.29 is 9.36 Å². The largest absolute Gasteiger partial charge is 0.369 e. The molecule has 0 fully saturated rings. The van der Waals surface area contributed by atoms with Gasteiger partial charge in [-0.05, 0) is 87.9 Å². The number of hydrogen-bond donors (Lipinski definition) is 1. The number of rotatable bonds is 3. The molecule has 0 saturated heterocycles. The van der Waals surface area contributed by atoms with Crippen molar-refractivity contribution in [1.29, 1.82) is 0 Å². The van der Waals surface area contributed by atoms with Crippen LogP contribution in [0.4, 0.5) is 0 Å². The second-order valence-electron chi connectivity index (χ2n) is 7.07. The number of aryl methyl sites for hydroxylation is 3. The second-order valence-corrected chi connectivity index (χ2v) is 7.07. The number of nitrogens with zero attached hydrogens (tertiary/aromatic N) is 1. The summed E-state index contributed by atoms with van der Waals surface area (Å²) in [5.41, 5.74) is 16.3. The third-order valence-corrected chi connectivity index (χ3v) is 5.53. The van der Waals surface area contributed by atoms with Crippen LogP contribution in [0.3, 0.4) is 0 Å². The predicted molar refractivity (Wildman–Crippen MR) is 98.3 cm³/mol. The number of aromatic nitrogens is 1. The minimum atomic E-state index is -0.436. The molecule has 0 aliphatic carbocycles. The van der Waals surface area contributed by atoms with Gasteiger partial charge in [-0.25, -0.2) is 4.57 Å². The molecule has 1 amide bonds. The van der Waals surface area contributed by atoms with E-state index in [1.54, 1.807) is 0 Å². The molecule has 3 heteroatoms. The molecule has 0 aliphatic heterocycles. The number of nitrogens with two attached hydrogens (primary N) is 1. The lowest BCUT2D eigenvalue weighted by Crippen LogP contribution is -2.41. The molecule has 128 valence electrons. The topological polar surface area (TPSA) is 47.0 Å². The van der Waals surface area contributed by atoms with E-state index in [0.29, 0.717) is 0 Å². The van der Waals surface area contributed by atoms with E-state index < -0.39 is 5.92 Å². The number of carbonyl (C=O) groups excluding carboxylic acids is 1. The highest BCUT2D eigenvalue weighted by atomic mass is 16.1. The maximum atomic E-state index is 12.5. The van der Waals surface area contributed by atoms with Gasteiger partial charge in [-0.15, -0.1) is 0 Å². The molecule has 24 heavy (non-hydrogen) atoms. The van der Waals surface area contributed by atoms with Crippen LogP contribution in [-0.2, 0) is 11.8 Å². The van der Waals surface area contributed by atoms with E-state index in [-0.39, 0.29) is 5.91 Å². The van der Waals surface area contributed by atoms with Crippen LogP contribution < -0.4 is 10.3 Å². The maximum Gasteiger partial charge on any atom is 0.235 e. The van der Waals surface area contributed by atoms with Crippen molar-refractivity contribution >= 4 is 5.91 Å². The van der Waals surface area contributed by atoms with Gasteiger partial charge in [0.25, 0.3) is 0 Å². The Morgan fingerprint density at radius 2 is 1.38 bits per heavy atom. The van der Waals surface area contributed by atoms with Crippen LogP contribution in [0.15, 0.2) is 12.3 Å². The molecule has 1 unspecified atom stereocenters. The summed E-state index contributed by atoms with van der Waals surface area (Å²) in [4.78, 5) is 12.5. The van der Waals surface area contributed by atoms with Gasteiger partial charge >= 0.3 is 0 Å². The summed E-state index contributed by atoms with van der Waals surface area (Å²) in [6.45, 7) is 14.7. The van der Waals surface area contributed by atoms with Gasteiger partial charge in [0.1, 0.15) is 13.0 Å². The molecule has 0 saturated carbocycles. The Bertz CT molecular complexity index is 782. The molecule has 2 N–H and O–H groups in total. The number of benzene rings is 1. The average Bonchev–Trinajstić information content (AvgIpc) is 2.48. The highest BCUT2D eigenvalue weighted by Crippen LogP contribution is 2.35. The van der Waals surface area contributed by atoms with E-state index in [0.717, 1.165) is 16.8 Å². The average molecular weight is 325 g/mol. The lowest BCUT2D eigenvalue weighted by atomic mass is 9.80. The quantitative estimate of drug-likeness (QED) is 0.865. The van der Waals surface area contributed by atoms with Crippen molar-refractivity contribution in [2.24, 2.45) is 12.8 Å². The number of carbonyl (C=O) groups is 1. The van der Waals surface area contributed by atoms with Crippen LogP contribution in [0, 0.1) is 48.5 Å². The number of amides is 1. The Labute approximate surface area is 145 Å². The summed E-state index contributed by atoms with van der Waals surface area (Å²) in [5, 5.41) is 0. The lowest BCUT2D eigenvalue weighted by molar-refractivity contribution is -0.680. The molecule has 2 rings (SSSR count). The molecule has 1 aromatic carbocycles. The summed E-state index contributed by atoms with van der Waals surface area (Å²) >= 11 is 0. The summed E-state index contributed by atoms with van der Waals surface area (Å²) in [6.07, 6.45) is 2.05. The van der Waals surface area contributed by atoms with Gasteiger partial charge in [-0.2, -0.15) is 0 Å². The van der Waals surface area contributed by atoms with Crippen molar-refractivity contribution in [2.75, 3.05) is 0 Å². The van der Waals surface area contributed by atoms with E-state index >= 15 is 0 Å². The molecular weight excluding hydrogens is 296 g/mol. The first-order valence-corrected chi connectivity index (χ1v) is 8.40. The molecule has 0 aliphatic rings. The minimum absolute atomic E-state index is 0.300. The van der Waals surface area contributed by atoms with Crippen LogP contribution in [0.2, 0.25) is 0 Å². The van der Waals surface area contributed by atoms with Crippen LogP contribution in [0.25, 0.3) is 0 Å². The number of pyridine rings is 1. The fourth-order valence-corrected chi connectivity index (χ4v) is 3.91. The summed E-state index contributed by atoms with van der Waals surface area (Å²) in [7, 11) is 1.99. The van der Waals surface area contributed by atoms with E-state index in [2.05, 4.69) is 60.7 Å². The molecule has 0 spiro atoms. The highest BCUT2D eigenvalue weighted by molar-refractivity contribution is 5.86. The summed E-state index contributed by atoms with van der Waals surface area (Å²) in [5.74, 6) is -0.736. The highest BCUT2D eigenvalue weighted by Gasteiger charge is 2.33. The fraction of sp³-hybridized carbons (Fsp3) is 0.429. The van der Waals surface area contributed by atoms with Gasteiger partial charge < -0.3 is 5.73 Å². The monoisotopic (exact) mass is 325 g/mol. The summed E-state index contributed by atoms with van der Waals surface area (Å²) < 4.78 is 2.05. The lowest BCUT2D eigenvalue weighted by Gasteiger charge is -2.23. The molecule has 1 atom stereocenters. The smallest absolute Gasteiger partial charge is 0.235 e. The fourth-order valence-electron chi connectivity index (χ4n) is 3.91. The Hall–Kier alpha value is -2.16. The normalized spacial score (nSPS) is 12.3. The van der Waals surface area contributed by atoms with Crippen LogP contribution in [-0.4, -0.2) is 5.91 Å². The second kappa shape index (κ2) is 6.39. The predicted octanol–water partition coefficient (Wildman–Crippen LogP) is 3.29. The Kier molecular flexibility index (Phi) is 4.84. The Morgan fingerprint density at radius 1 is 0.917 bits per heavy atom. The van der Waals surface area contributed by atoms with Gasteiger partial charge in [0.2, 0.25) is 11.6 Å². The molecule has 3 nitrogen and oxygen atoms in total. The number of hydrogen-bond acceptors (Lipinski definition) is 1. The van der Waals surface area contributed by atoms with Gasteiger partial charge in [-0.1, -0.05) is 0 Å². The van der Waals surface area contributed by atoms with Gasteiger partial charge in [0.15, 0.2) is 6.20 Å². The van der Waals surface area contributed by atoms with Crippen LogP contribution in [0.5, 0.6) is 0 Å². The first-order valence-electron chi connectivity index (χ1n) is 8.40. The molecule has 1 aromatic heterocycles. The van der Waals surface area contributed by atoms with E-state index in [1.807, 2.05) is 11.6 Å². The molecule has 2 aromatic rings. The van der Waals surface area contributed by atoms with Crippen LogP contribution in [0.1, 0.15) is 56.1 Å².